The predicted molar refractivity (Wildman–Crippen MR) is 53.6 cm³/mol. The summed E-state index contributed by atoms with van der Waals surface area (Å²) >= 11 is 0. The smallest absolute Gasteiger partial charge is 0.115 e. The molecular formula is C11H15FN2. The minimum Gasteiger partial charge on any atom is -0.305 e. The third-order valence-electron chi connectivity index (χ3n) is 2.70. The number of halogens is 1. The van der Waals surface area contributed by atoms with E-state index in [0.29, 0.717) is 13.0 Å². The molecule has 1 saturated carbocycles. The zero-order chi connectivity index (χ0) is 9.80. The molecule has 1 aliphatic carbocycles. The molecule has 1 N–H and O–H groups in total. The van der Waals surface area contributed by atoms with Gasteiger partial charge in [0.05, 0.1) is 5.69 Å². The second kappa shape index (κ2) is 4.51. The van der Waals surface area contributed by atoms with E-state index in [1.807, 2.05) is 18.2 Å². The van der Waals surface area contributed by atoms with Crippen molar-refractivity contribution in [3.8, 4) is 0 Å². The van der Waals surface area contributed by atoms with Gasteiger partial charge in [-0.1, -0.05) is 6.07 Å². The van der Waals surface area contributed by atoms with E-state index < -0.39 is 6.17 Å². The Morgan fingerprint density at radius 2 is 2.36 bits per heavy atom. The van der Waals surface area contributed by atoms with E-state index >= 15 is 0 Å². The third-order valence-corrected chi connectivity index (χ3v) is 2.70. The lowest BCUT2D eigenvalue weighted by Gasteiger charge is -2.14. The molecule has 2 atom stereocenters. The summed E-state index contributed by atoms with van der Waals surface area (Å²) in [6.07, 6.45) is 3.76. The first kappa shape index (κ1) is 9.59. The first-order valence-electron chi connectivity index (χ1n) is 5.13. The second-order valence-electron chi connectivity index (χ2n) is 3.76. The fourth-order valence-electron chi connectivity index (χ4n) is 1.88. The van der Waals surface area contributed by atoms with E-state index in [9.17, 15) is 4.39 Å². The normalized spacial score (nSPS) is 26.6. The summed E-state index contributed by atoms with van der Waals surface area (Å²) in [6, 6.07) is 5.83. The molecule has 0 bridgehead atoms. The van der Waals surface area contributed by atoms with Crippen molar-refractivity contribution in [3.05, 3.63) is 30.1 Å². The maximum Gasteiger partial charge on any atom is 0.115 e. The molecule has 1 fully saturated rings. The van der Waals surface area contributed by atoms with E-state index in [-0.39, 0.29) is 6.04 Å². The molecule has 2 rings (SSSR count). The number of rotatable bonds is 3. The van der Waals surface area contributed by atoms with Gasteiger partial charge in [0.2, 0.25) is 0 Å². The Hall–Kier alpha value is -0.960. The summed E-state index contributed by atoms with van der Waals surface area (Å²) in [7, 11) is 0. The maximum atomic E-state index is 13.2. The van der Waals surface area contributed by atoms with Crippen LogP contribution in [0, 0.1) is 0 Å². The first-order valence-corrected chi connectivity index (χ1v) is 5.13. The molecule has 1 aliphatic rings. The highest BCUT2D eigenvalue weighted by molar-refractivity contribution is 5.03. The summed E-state index contributed by atoms with van der Waals surface area (Å²) in [4.78, 5) is 4.18. The van der Waals surface area contributed by atoms with Crippen LogP contribution >= 0.6 is 0 Å². The van der Waals surface area contributed by atoms with Crippen molar-refractivity contribution >= 4 is 0 Å². The monoisotopic (exact) mass is 194 g/mol. The molecule has 0 saturated heterocycles. The minimum atomic E-state index is -0.668. The Morgan fingerprint density at radius 3 is 3.00 bits per heavy atom. The lowest BCUT2D eigenvalue weighted by molar-refractivity contribution is 0.278. The lowest BCUT2D eigenvalue weighted by Crippen LogP contribution is -2.33. The summed E-state index contributed by atoms with van der Waals surface area (Å²) < 4.78 is 13.2. The lowest BCUT2D eigenvalue weighted by atomic mass is 10.2. The average Bonchev–Trinajstić information content (AvgIpc) is 2.63. The SMILES string of the molecule is FC1CCCC1NCc1ccccn1. The van der Waals surface area contributed by atoms with Crippen LogP contribution in [-0.2, 0) is 6.54 Å². The molecule has 14 heavy (non-hydrogen) atoms. The average molecular weight is 194 g/mol. The van der Waals surface area contributed by atoms with Crippen molar-refractivity contribution < 1.29 is 4.39 Å². The van der Waals surface area contributed by atoms with Gasteiger partial charge in [-0.05, 0) is 31.4 Å². The Bertz CT molecular complexity index is 276. The molecule has 1 aromatic heterocycles. The quantitative estimate of drug-likeness (QED) is 0.796. The van der Waals surface area contributed by atoms with Crippen LogP contribution < -0.4 is 5.32 Å². The highest BCUT2D eigenvalue weighted by atomic mass is 19.1. The Morgan fingerprint density at radius 1 is 1.43 bits per heavy atom. The van der Waals surface area contributed by atoms with Gasteiger partial charge in [0.25, 0.3) is 0 Å². The number of aromatic nitrogens is 1. The number of nitrogens with one attached hydrogen (secondary N) is 1. The van der Waals surface area contributed by atoms with Gasteiger partial charge in [0.1, 0.15) is 6.17 Å². The molecule has 0 aliphatic heterocycles. The molecule has 0 spiro atoms. The van der Waals surface area contributed by atoms with Crippen molar-refractivity contribution in [3.63, 3.8) is 0 Å². The molecule has 2 unspecified atom stereocenters. The van der Waals surface area contributed by atoms with Crippen molar-refractivity contribution in [1.29, 1.82) is 0 Å². The molecule has 0 aromatic carbocycles. The van der Waals surface area contributed by atoms with E-state index in [1.165, 1.54) is 0 Å². The number of alkyl halides is 1. The molecule has 2 nitrogen and oxygen atoms in total. The summed E-state index contributed by atoms with van der Waals surface area (Å²) in [5, 5.41) is 3.21. The zero-order valence-electron chi connectivity index (χ0n) is 8.12. The number of nitrogens with zero attached hydrogens (tertiary/aromatic N) is 1. The van der Waals surface area contributed by atoms with Gasteiger partial charge in [0.15, 0.2) is 0 Å². The largest absolute Gasteiger partial charge is 0.305 e. The van der Waals surface area contributed by atoms with Crippen molar-refractivity contribution in [2.24, 2.45) is 0 Å². The van der Waals surface area contributed by atoms with Gasteiger partial charge >= 0.3 is 0 Å². The summed E-state index contributed by atoms with van der Waals surface area (Å²) in [5.74, 6) is 0. The van der Waals surface area contributed by atoms with E-state index in [1.54, 1.807) is 6.20 Å². The van der Waals surface area contributed by atoms with Crippen molar-refractivity contribution in [2.75, 3.05) is 0 Å². The summed E-state index contributed by atoms with van der Waals surface area (Å²) in [5.41, 5.74) is 0.978. The molecular weight excluding hydrogens is 179 g/mol. The molecule has 1 heterocycles. The molecule has 0 amide bonds. The van der Waals surface area contributed by atoms with Gasteiger partial charge in [-0.3, -0.25) is 4.98 Å². The highest BCUT2D eigenvalue weighted by Gasteiger charge is 2.25. The van der Waals surface area contributed by atoms with Gasteiger partial charge in [-0.2, -0.15) is 0 Å². The molecule has 3 heteroatoms. The van der Waals surface area contributed by atoms with Crippen LogP contribution in [0.25, 0.3) is 0 Å². The predicted octanol–water partition coefficient (Wildman–Crippen LogP) is 2.06. The molecule has 0 radical (unpaired) electrons. The van der Waals surface area contributed by atoms with Crippen LogP contribution in [0.3, 0.4) is 0 Å². The highest BCUT2D eigenvalue weighted by Crippen LogP contribution is 2.21. The summed E-state index contributed by atoms with van der Waals surface area (Å²) in [6.45, 7) is 0.673. The van der Waals surface area contributed by atoms with Gasteiger partial charge < -0.3 is 5.32 Å². The van der Waals surface area contributed by atoms with Crippen molar-refractivity contribution in [1.82, 2.24) is 10.3 Å². The van der Waals surface area contributed by atoms with E-state index in [0.717, 1.165) is 18.5 Å². The molecule has 1 aromatic rings. The van der Waals surface area contributed by atoms with Crippen LogP contribution in [0.15, 0.2) is 24.4 Å². The van der Waals surface area contributed by atoms with Crippen LogP contribution in [0.2, 0.25) is 0 Å². The van der Waals surface area contributed by atoms with Gasteiger partial charge in [-0.15, -0.1) is 0 Å². The Balaban J connectivity index is 1.82. The number of hydrogen-bond donors (Lipinski definition) is 1. The zero-order valence-corrected chi connectivity index (χ0v) is 8.12. The van der Waals surface area contributed by atoms with Gasteiger partial charge in [-0.25, -0.2) is 4.39 Å². The van der Waals surface area contributed by atoms with Crippen LogP contribution in [0.4, 0.5) is 4.39 Å². The Labute approximate surface area is 83.6 Å². The number of pyridine rings is 1. The van der Waals surface area contributed by atoms with Crippen molar-refractivity contribution in [2.45, 2.75) is 38.0 Å². The fraction of sp³-hybridized carbons (Fsp3) is 0.545. The first-order chi connectivity index (χ1) is 6.86. The van der Waals surface area contributed by atoms with Crippen LogP contribution in [0.5, 0.6) is 0 Å². The van der Waals surface area contributed by atoms with E-state index in [4.69, 9.17) is 0 Å². The fourth-order valence-corrected chi connectivity index (χ4v) is 1.88. The van der Waals surface area contributed by atoms with E-state index in [2.05, 4.69) is 10.3 Å². The van der Waals surface area contributed by atoms with Gasteiger partial charge in [0, 0.05) is 18.8 Å². The van der Waals surface area contributed by atoms with Crippen LogP contribution in [-0.4, -0.2) is 17.2 Å². The molecule has 76 valence electrons. The number of hydrogen-bond acceptors (Lipinski definition) is 2. The second-order valence-corrected chi connectivity index (χ2v) is 3.76. The minimum absolute atomic E-state index is 0.0389. The topological polar surface area (TPSA) is 24.9 Å². The van der Waals surface area contributed by atoms with Crippen LogP contribution in [0.1, 0.15) is 25.0 Å². The Kier molecular flexibility index (Phi) is 3.09. The standard InChI is InChI=1S/C11H15FN2/c12-10-5-3-6-11(10)14-8-9-4-1-2-7-13-9/h1-2,4,7,10-11,14H,3,5-6,8H2. The third kappa shape index (κ3) is 2.29. The maximum absolute atomic E-state index is 13.2.